The number of ether oxygens (including phenoxy) is 1. The van der Waals surface area contributed by atoms with Gasteiger partial charge in [0.1, 0.15) is 23.6 Å². The minimum absolute atomic E-state index is 0.190. The lowest BCUT2D eigenvalue weighted by molar-refractivity contribution is 0.308. The maximum Gasteiger partial charge on any atom is 0.141 e. The number of hydrogen-bond donors (Lipinski definition) is 1. The number of nitrogens with zero attached hydrogens (tertiary/aromatic N) is 1. The van der Waals surface area contributed by atoms with Crippen LogP contribution in [0.15, 0.2) is 72.9 Å². The van der Waals surface area contributed by atoms with E-state index < -0.39 is 0 Å². The topological polar surface area (TPSA) is 42.4 Å². The molecule has 0 aliphatic carbocycles. The van der Waals surface area contributed by atoms with Gasteiger partial charge < -0.3 is 9.84 Å². The molecule has 1 heterocycles. The molecule has 3 nitrogen and oxygen atoms in total. The molecule has 4 rings (SSSR count). The molecule has 0 aliphatic rings. The highest BCUT2D eigenvalue weighted by atomic mass is 16.5. The second kappa shape index (κ2) is 5.61. The smallest absolute Gasteiger partial charge is 0.141 e. The van der Waals surface area contributed by atoms with Crippen LogP contribution in [0.25, 0.3) is 21.7 Å². The molecule has 0 amide bonds. The van der Waals surface area contributed by atoms with Gasteiger partial charge in [-0.3, -0.25) is 4.98 Å². The number of hydrogen-bond acceptors (Lipinski definition) is 3. The number of benzene rings is 3. The van der Waals surface area contributed by atoms with Gasteiger partial charge in [0.05, 0.1) is 0 Å². The first-order chi connectivity index (χ1) is 11.3. The zero-order valence-electron chi connectivity index (χ0n) is 12.4. The first-order valence-corrected chi connectivity index (χ1v) is 7.48. The van der Waals surface area contributed by atoms with Crippen molar-refractivity contribution in [1.82, 2.24) is 4.98 Å². The van der Waals surface area contributed by atoms with Crippen molar-refractivity contribution in [2.45, 2.75) is 6.61 Å². The van der Waals surface area contributed by atoms with Crippen LogP contribution < -0.4 is 4.74 Å². The van der Waals surface area contributed by atoms with Crippen LogP contribution in [0.5, 0.6) is 11.5 Å². The van der Waals surface area contributed by atoms with E-state index in [1.54, 1.807) is 12.3 Å². The maximum atomic E-state index is 9.90. The zero-order valence-corrected chi connectivity index (χ0v) is 12.4. The fourth-order valence-corrected chi connectivity index (χ4v) is 2.76. The van der Waals surface area contributed by atoms with Gasteiger partial charge in [-0.05, 0) is 40.6 Å². The van der Waals surface area contributed by atoms with Gasteiger partial charge in [0.25, 0.3) is 0 Å². The highest BCUT2D eigenvalue weighted by Crippen LogP contribution is 2.27. The van der Waals surface area contributed by atoms with Gasteiger partial charge in [0, 0.05) is 11.6 Å². The molecule has 23 heavy (non-hydrogen) atoms. The molecule has 112 valence electrons. The van der Waals surface area contributed by atoms with Crippen molar-refractivity contribution in [2.24, 2.45) is 0 Å². The highest BCUT2D eigenvalue weighted by molar-refractivity contribution is 5.87. The molecule has 0 saturated heterocycles. The first kappa shape index (κ1) is 13.6. The summed E-state index contributed by atoms with van der Waals surface area (Å²) in [6, 6.07) is 21.6. The summed E-state index contributed by atoms with van der Waals surface area (Å²) in [7, 11) is 0. The Bertz CT molecular complexity index is 995. The monoisotopic (exact) mass is 301 g/mol. The summed E-state index contributed by atoms with van der Waals surface area (Å²) in [6.07, 6.45) is 1.68. The zero-order chi connectivity index (χ0) is 15.6. The Morgan fingerprint density at radius 3 is 2.65 bits per heavy atom. The molecule has 0 atom stereocenters. The van der Waals surface area contributed by atoms with E-state index in [9.17, 15) is 5.11 Å². The molecule has 0 fully saturated rings. The summed E-state index contributed by atoms with van der Waals surface area (Å²) in [5.41, 5.74) is 1.60. The molecule has 0 saturated carbocycles. The fourth-order valence-electron chi connectivity index (χ4n) is 2.76. The normalized spacial score (nSPS) is 11.0. The van der Waals surface area contributed by atoms with Gasteiger partial charge in [-0.2, -0.15) is 0 Å². The number of phenols is 1. The molecule has 1 N–H and O–H groups in total. The van der Waals surface area contributed by atoms with Gasteiger partial charge in [-0.15, -0.1) is 0 Å². The minimum Gasteiger partial charge on any atom is -0.506 e. The van der Waals surface area contributed by atoms with Crippen molar-refractivity contribution < 1.29 is 9.84 Å². The van der Waals surface area contributed by atoms with Crippen LogP contribution in [0, 0.1) is 0 Å². The molecular formula is C20H15NO2. The Morgan fingerprint density at radius 2 is 1.74 bits per heavy atom. The molecule has 3 aromatic carbocycles. The molecule has 0 spiro atoms. The van der Waals surface area contributed by atoms with Crippen molar-refractivity contribution in [3.63, 3.8) is 0 Å². The number of phenolic OH excluding ortho intramolecular Hbond substituents is 1. The summed E-state index contributed by atoms with van der Waals surface area (Å²) in [5.74, 6) is 1.02. The first-order valence-electron chi connectivity index (χ1n) is 7.48. The number of aromatic hydroxyl groups is 1. The number of pyridine rings is 1. The Balaban J connectivity index is 1.64. The Hall–Kier alpha value is -3.07. The third kappa shape index (κ3) is 2.57. The van der Waals surface area contributed by atoms with Crippen molar-refractivity contribution in [3.05, 3.63) is 78.5 Å². The molecule has 3 heteroatoms. The average Bonchev–Trinajstić information content (AvgIpc) is 2.61. The second-order valence-corrected chi connectivity index (χ2v) is 5.44. The molecule has 0 radical (unpaired) electrons. The third-order valence-electron chi connectivity index (χ3n) is 3.95. The van der Waals surface area contributed by atoms with E-state index in [-0.39, 0.29) is 5.75 Å². The van der Waals surface area contributed by atoms with Crippen LogP contribution in [0.3, 0.4) is 0 Å². The van der Waals surface area contributed by atoms with E-state index in [4.69, 9.17) is 4.74 Å². The SMILES string of the molecule is Oc1ccc(COc2ccc3ccccc3c2)c2cccnc12. The third-order valence-corrected chi connectivity index (χ3v) is 3.95. The Morgan fingerprint density at radius 1 is 0.870 bits per heavy atom. The standard InChI is InChI=1S/C20H15NO2/c22-19-10-8-16(18-6-3-11-21-20(18)19)13-23-17-9-7-14-4-1-2-5-15(14)12-17/h1-12,22H,13H2. The second-order valence-electron chi connectivity index (χ2n) is 5.44. The van der Waals surface area contributed by atoms with E-state index in [1.807, 2.05) is 42.5 Å². The highest BCUT2D eigenvalue weighted by Gasteiger charge is 2.07. The van der Waals surface area contributed by atoms with E-state index in [0.717, 1.165) is 22.1 Å². The van der Waals surface area contributed by atoms with Crippen LogP contribution in [0.4, 0.5) is 0 Å². The lowest BCUT2D eigenvalue weighted by Crippen LogP contribution is -1.97. The molecular weight excluding hydrogens is 286 g/mol. The van der Waals surface area contributed by atoms with Crippen LogP contribution in [-0.4, -0.2) is 10.1 Å². The molecule has 4 aromatic rings. The Kier molecular flexibility index (Phi) is 3.31. The van der Waals surface area contributed by atoms with Gasteiger partial charge in [-0.1, -0.05) is 42.5 Å². The maximum absolute atomic E-state index is 9.90. The van der Waals surface area contributed by atoms with Gasteiger partial charge >= 0.3 is 0 Å². The summed E-state index contributed by atoms with van der Waals surface area (Å²) < 4.78 is 5.94. The van der Waals surface area contributed by atoms with Crippen molar-refractivity contribution in [2.75, 3.05) is 0 Å². The largest absolute Gasteiger partial charge is 0.506 e. The molecule has 1 aromatic heterocycles. The van der Waals surface area contributed by atoms with Crippen molar-refractivity contribution in [3.8, 4) is 11.5 Å². The van der Waals surface area contributed by atoms with E-state index >= 15 is 0 Å². The van der Waals surface area contributed by atoms with Gasteiger partial charge in [-0.25, -0.2) is 0 Å². The molecule has 0 unspecified atom stereocenters. The quantitative estimate of drug-likeness (QED) is 0.598. The van der Waals surface area contributed by atoms with Gasteiger partial charge in [0.15, 0.2) is 0 Å². The summed E-state index contributed by atoms with van der Waals surface area (Å²) in [4.78, 5) is 4.23. The fraction of sp³-hybridized carbons (Fsp3) is 0.0500. The predicted molar refractivity (Wildman–Crippen MR) is 91.7 cm³/mol. The van der Waals surface area contributed by atoms with Crippen LogP contribution in [0.1, 0.15) is 5.56 Å². The van der Waals surface area contributed by atoms with Crippen molar-refractivity contribution in [1.29, 1.82) is 0 Å². The Labute approximate surface area is 133 Å². The lowest BCUT2D eigenvalue weighted by atomic mass is 10.1. The van der Waals surface area contributed by atoms with E-state index in [2.05, 4.69) is 23.2 Å². The molecule has 0 bridgehead atoms. The number of aromatic nitrogens is 1. The van der Waals surface area contributed by atoms with E-state index in [1.165, 1.54) is 5.39 Å². The number of fused-ring (bicyclic) bond motifs is 2. The summed E-state index contributed by atoms with van der Waals surface area (Å²) >= 11 is 0. The predicted octanol–water partition coefficient (Wildman–Crippen LogP) is 4.67. The van der Waals surface area contributed by atoms with Crippen LogP contribution >= 0.6 is 0 Å². The van der Waals surface area contributed by atoms with E-state index in [0.29, 0.717) is 12.1 Å². The summed E-state index contributed by atoms with van der Waals surface area (Å²) in [5, 5.41) is 13.2. The number of rotatable bonds is 3. The van der Waals surface area contributed by atoms with Crippen molar-refractivity contribution >= 4 is 21.7 Å². The average molecular weight is 301 g/mol. The summed E-state index contributed by atoms with van der Waals surface area (Å²) in [6.45, 7) is 0.431. The van der Waals surface area contributed by atoms with Crippen LogP contribution in [0.2, 0.25) is 0 Å². The lowest BCUT2D eigenvalue weighted by Gasteiger charge is -2.10. The van der Waals surface area contributed by atoms with Crippen LogP contribution in [-0.2, 0) is 6.61 Å². The van der Waals surface area contributed by atoms with Gasteiger partial charge in [0.2, 0.25) is 0 Å². The molecule has 0 aliphatic heterocycles. The minimum atomic E-state index is 0.190.